The molecule has 0 bridgehead atoms. The molecule has 21 heavy (non-hydrogen) atoms. The van der Waals surface area contributed by atoms with Crippen LogP contribution in [0.3, 0.4) is 0 Å². The Balaban J connectivity index is 2.54. The number of benzene rings is 1. The van der Waals surface area contributed by atoms with Crippen molar-refractivity contribution in [2.24, 2.45) is 0 Å². The highest BCUT2D eigenvalue weighted by Crippen LogP contribution is 2.23. The van der Waals surface area contributed by atoms with Crippen LogP contribution < -0.4 is 0 Å². The van der Waals surface area contributed by atoms with Crippen molar-refractivity contribution in [1.82, 2.24) is 0 Å². The Morgan fingerprint density at radius 3 is 2.14 bits per heavy atom. The smallest absolute Gasteiger partial charge is 0.330 e. The summed E-state index contributed by atoms with van der Waals surface area (Å²) >= 11 is 0. The first-order valence-corrected chi connectivity index (χ1v) is 6.62. The molecule has 0 heterocycles. The van der Waals surface area contributed by atoms with E-state index in [-0.39, 0.29) is 6.42 Å². The molecule has 0 spiro atoms. The quantitative estimate of drug-likeness (QED) is 0.782. The Labute approximate surface area is 121 Å². The van der Waals surface area contributed by atoms with Crippen molar-refractivity contribution in [2.75, 3.05) is 13.2 Å². The van der Waals surface area contributed by atoms with Gasteiger partial charge in [0.2, 0.25) is 0 Å². The van der Waals surface area contributed by atoms with Gasteiger partial charge in [0.15, 0.2) is 0 Å². The van der Waals surface area contributed by atoms with Crippen molar-refractivity contribution in [2.45, 2.75) is 45.6 Å². The molecule has 1 rings (SSSR count). The molecule has 0 fully saturated rings. The zero-order valence-electron chi connectivity index (χ0n) is 12.3. The Bertz CT molecular complexity index is 452. The van der Waals surface area contributed by atoms with Crippen molar-refractivity contribution in [3.05, 3.63) is 34.4 Å². The van der Waals surface area contributed by atoms with Crippen LogP contribution >= 0.6 is 0 Å². The molecule has 0 aliphatic rings. The van der Waals surface area contributed by atoms with Crippen molar-refractivity contribution in [3.63, 3.8) is 0 Å². The number of aliphatic hydroxyl groups excluding tert-OH is 1. The first-order chi connectivity index (χ1) is 9.63. The molecule has 0 aliphatic heterocycles. The number of halogens is 4. The van der Waals surface area contributed by atoms with Gasteiger partial charge in [0, 0.05) is 6.42 Å². The van der Waals surface area contributed by atoms with Crippen LogP contribution in [-0.4, -0.2) is 36.8 Å². The topological polar surface area (TPSA) is 29.5 Å². The summed E-state index contributed by atoms with van der Waals surface area (Å²) in [6.07, 6.45) is -4.55. The van der Waals surface area contributed by atoms with Crippen LogP contribution in [0.1, 0.15) is 22.3 Å². The monoisotopic (exact) mass is 308 g/mol. The van der Waals surface area contributed by atoms with E-state index in [1.165, 1.54) is 0 Å². The average Bonchev–Trinajstić information content (AvgIpc) is 2.33. The molecule has 0 aromatic heterocycles. The Kier molecular flexibility index (Phi) is 6.16. The van der Waals surface area contributed by atoms with Gasteiger partial charge in [-0.15, -0.1) is 0 Å². The normalized spacial score (nSPS) is 13.8. The lowest BCUT2D eigenvalue weighted by Gasteiger charge is -2.18. The zero-order chi connectivity index (χ0) is 16.2. The molecule has 2 nitrogen and oxygen atoms in total. The largest absolute Gasteiger partial charge is 0.390 e. The fourth-order valence-electron chi connectivity index (χ4n) is 2.22. The third-order valence-corrected chi connectivity index (χ3v) is 3.20. The van der Waals surface area contributed by atoms with Crippen LogP contribution in [0.25, 0.3) is 0 Å². The predicted octanol–water partition coefficient (Wildman–Crippen LogP) is 3.43. The van der Waals surface area contributed by atoms with E-state index in [1.54, 1.807) is 0 Å². The molecule has 0 saturated heterocycles. The van der Waals surface area contributed by atoms with Crippen LogP contribution in [0.15, 0.2) is 12.1 Å². The van der Waals surface area contributed by atoms with E-state index >= 15 is 0 Å². The summed E-state index contributed by atoms with van der Waals surface area (Å²) in [5.41, 5.74) is 3.99. The highest BCUT2D eigenvalue weighted by Gasteiger charge is 2.41. The van der Waals surface area contributed by atoms with Crippen LogP contribution in [0.4, 0.5) is 17.6 Å². The van der Waals surface area contributed by atoms with Crippen LogP contribution in [-0.2, 0) is 11.2 Å². The fraction of sp³-hybridized carbons (Fsp3) is 0.600. The third-order valence-electron chi connectivity index (χ3n) is 3.20. The van der Waals surface area contributed by atoms with Crippen LogP contribution in [0, 0.1) is 20.8 Å². The van der Waals surface area contributed by atoms with Gasteiger partial charge in [0.05, 0.1) is 12.7 Å². The molecule has 1 atom stereocenters. The Hall–Kier alpha value is -1.14. The summed E-state index contributed by atoms with van der Waals surface area (Å²) < 4.78 is 53.7. The summed E-state index contributed by atoms with van der Waals surface area (Å²) in [6, 6.07) is 3.92. The lowest BCUT2D eigenvalue weighted by atomic mass is 9.95. The minimum atomic E-state index is -4.19. The van der Waals surface area contributed by atoms with Crippen LogP contribution in [0.5, 0.6) is 0 Å². The second kappa shape index (κ2) is 7.22. The second-order valence-electron chi connectivity index (χ2n) is 5.31. The molecule has 1 N–H and O–H groups in total. The van der Waals surface area contributed by atoms with Gasteiger partial charge in [0.25, 0.3) is 0 Å². The van der Waals surface area contributed by atoms with Gasteiger partial charge in [0.1, 0.15) is 6.61 Å². The minimum Gasteiger partial charge on any atom is -0.390 e. The van der Waals surface area contributed by atoms with E-state index in [9.17, 15) is 22.7 Å². The molecule has 1 aromatic carbocycles. The van der Waals surface area contributed by atoms with Gasteiger partial charge in [-0.1, -0.05) is 17.7 Å². The lowest BCUT2D eigenvalue weighted by Crippen LogP contribution is -2.34. The molecule has 120 valence electrons. The van der Waals surface area contributed by atoms with Gasteiger partial charge in [-0.25, -0.2) is 8.78 Å². The molecule has 0 aliphatic carbocycles. The van der Waals surface area contributed by atoms with E-state index < -0.39 is 31.7 Å². The summed E-state index contributed by atoms with van der Waals surface area (Å²) in [4.78, 5) is 0. The SMILES string of the molecule is Cc1cc(C)c(CC(O)COCC(F)(F)C(F)F)c(C)c1. The van der Waals surface area contributed by atoms with Crippen LogP contribution in [0.2, 0.25) is 0 Å². The molecule has 1 aromatic rings. The molecule has 0 saturated carbocycles. The summed E-state index contributed by atoms with van der Waals surface area (Å²) in [5, 5.41) is 9.80. The van der Waals surface area contributed by atoms with Gasteiger partial charge in [-0.3, -0.25) is 0 Å². The molecule has 1 unspecified atom stereocenters. The standard InChI is InChI=1S/C15H20F4O2/c1-9-4-10(2)13(11(3)5-9)6-12(20)7-21-8-15(18,19)14(16)17/h4-5,12,14,20H,6-8H2,1-3H3. The maximum atomic E-state index is 12.6. The molecular weight excluding hydrogens is 288 g/mol. The highest BCUT2D eigenvalue weighted by atomic mass is 19.3. The Morgan fingerprint density at radius 1 is 1.14 bits per heavy atom. The zero-order valence-corrected chi connectivity index (χ0v) is 12.3. The number of aliphatic hydroxyl groups is 1. The van der Waals surface area contributed by atoms with E-state index in [0.29, 0.717) is 0 Å². The number of rotatable bonds is 7. The van der Waals surface area contributed by atoms with E-state index in [1.807, 2.05) is 32.9 Å². The molecule has 0 amide bonds. The average molecular weight is 308 g/mol. The Morgan fingerprint density at radius 2 is 1.67 bits per heavy atom. The second-order valence-corrected chi connectivity index (χ2v) is 5.31. The predicted molar refractivity (Wildman–Crippen MR) is 72.1 cm³/mol. The molecule has 6 heteroatoms. The highest BCUT2D eigenvalue weighted by molar-refractivity contribution is 5.37. The van der Waals surface area contributed by atoms with E-state index in [0.717, 1.165) is 22.3 Å². The summed E-state index contributed by atoms with van der Waals surface area (Å²) in [7, 11) is 0. The number of alkyl halides is 4. The number of hydrogen-bond donors (Lipinski definition) is 1. The summed E-state index contributed by atoms with van der Waals surface area (Å²) in [5.74, 6) is -4.19. The lowest BCUT2D eigenvalue weighted by molar-refractivity contribution is -0.170. The van der Waals surface area contributed by atoms with Gasteiger partial charge in [-0.2, -0.15) is 8.78 Å². The first kappa shape index (κ1) is 17.9. The van der Waals surface area contributed by atoms with Crippen molar-refractivity contribution in [1.29, 1.82) is 0 Å². The molecular formula is C15H20F4O2. The maximum absolute atomic E-state index is 12.6. The number of aryl methyl sites for hydroxylation is 3. The van der Waals surface area contributed by atoms with Gasteiger partial charge in [-0.05, 0) is 37.5 Å². The van der Waals surface area contributed by atoms with Gasteiger partial charge >= 0.3 is 12.3 Å². The van der Waals surface area contributed by atoms with Gasteiger partial charge < -0.3 is 9.84 Å². The number of hydrogen-bond acceptors (Lipinski definition) is 2. The third kappa shape index (κ3) is 5.28. The minimum absolute atomic E-state index is 0.234. The molecule has 0 radical (unpaired) electrons. The van der Waals surface area contributed by atoms with Crippen molar-refractivity contribution < 1.29 is 27.4 Å². The number of ether oxygens (including phenoxy) is 1. The first-order valence-electron chi connectivity index (χ1n) is 6.62. The maximum Gasteiger partial charge on any atom is 0.330 e. The summed E-state index contributed by atoms with van der Waals surface area (Å²) in [6.45, 7) is 3.94. The van der Waals surface area contributed by atoms with Crippen molar-refractivity contribution in [3.8, 4) is 0 Å². The van der Waals surface area contributed by atoms with E-state index in [4.69, 9.17) is 0 Å². The van der Waals surface area contributed by atoms with E-state index in [2.05, 4.69) is 4.74 Å². The van der Waals surface area contributed by atoms with Crippen molar-refractivity contribution >= 4 is 0 Å². The fourth-order valence-corrected chi connectivity index (χ4v) is 2.22.